The van der Waals surface area contributed by atoms with Gasteiger partial charge >= 0.3 is 0 Å². The van der Waals surface area contributed by atoms with Gasteiger partial charge in [-0.1, -0.05) is 12.2 Å². The summed E-state index contributed by atoms with van der Waals surface area (Å²) in [4.78, 5) is 0. The number of hydrogen-bond acceptors (Lipinski definition) is 1. The van der Waals surface area contributed by atoms with Crippen molar-refractivity contribution in [2.75, 3.05) is 0 Å². The summed E-state index contributed by atoms with van der Waals surface area (Å²) in [6.07, 6.45) is 9.90. The standard InChI is InChI=1S/C13H20OSi/c1-15(2,3)14-13-8-9-7-12(13)11-6-4-5-10(9)11/h4-5,8-12H,6-7H2,1-3H3/t9-,10+,11+,12-/m1/s1. The predicted molar refractivity (Wildman–Crippen MR) is 64.8 cm³/mol. The minimum Gasteiger partial charge on any atom is -0.547 e. The highest BCUT2D eigenvalue weighted by atomic mass is 28.4. The molecule has 1 saturated carbocycles. The van der Waals surface area contributed by atoms with E-state index in [4.69, 9.17) is 4.43 Å². The third-order valence-corrected chi connectivity index (χ3v) is 4.81. The van der Waals surface area contributed by atoms with Crippen LogP contribution in [0, 0.1) is 23.7 Å². The van der Waals surface area contributed by atoms with E-state index < -0.39 is 8.32 Å². The Morgan fingerprint density at radius 1 is 1.33 bits per heavy atom. The van der Waals surface area contributed by atoms with Crippen LogP contribution < -0.4 is 0 Å². The van der Waals surface area contributed by atoms with Crippen LogP contribution in [0.2, 0.25) is 19.6 Å². The van der Waals surface area contributed by atoms with Gasteiger partial charge in [-0.25, -0.2) is 0 Å². The Bertz CT molecular complexity index is 337. The van der Waals surface area contributed by atoms with Gasteiger partial charge in [0.05, 0.1) is 5.76 Å². The van der Waals surface area contributed by atoms with Crippen LogP contribution in [0.4, 0.5) is 0 Å². The van der Waals surface area contributed by atoms with E-state index in [2.05, 4.69) is 37.9 Å². The number of rotatable bonds is 2. The zero-order chi connectivity index (χ0) is 10.6. The van der Waals surface area contributed by atoms with Gasteiger partial charge in [-0.3, -0.25) is 0 Å². The van der Waals surface area contributed by atoms with Crippen molar-refractivity contribution in [3.05, 3.63) is 24.0 Å². The van der Waals surface area contributed by atoms with Crippen molar-refractivity contribution in [3.63, 3.8) is 0 Å². The molecule has 3 aliphatic carbocycles. The summed E-state index contributed by atoms with van der Waals surface area (Å²) in [6, 6.07) is 0. The molecule has 2 bridgehead atoms. The predicted octanol–water partition coefficient (Wildman–Crippen LogP) is 3.56. The fourth-order valence-electron chi connectivity index (χ4n) is 3.51. The van der Waals surface area contributed by atoms with Crippen molar-refractivity contribution in [1.29, 1.82) is 0 Å². The lowest BCUT2D eigenvalue weighted by Gasteiger charge is -2.30. The monoisotopic (exact) mass is 220 g/mol. The first-order valence-corrected chi connectivity index (χ1v) is 9.53. The summed E-state index contributed by atoms with van der Waals surface area (Å²) >= 11 is 0. The van der Waals surface area contributed by atoms with Gasteiger partial charge in [0.15, 0.2) is 0 Å². The number of fused-ring (bicyclic) bond motifs is 5. The molecule has 1 nitrogen and oxygen atoms in total. The van der Waals surface area contributed by atoms with Crippen molar-refractivity contribution < 1.29 is 4.43 Å². The molecule has 0 radical (unpaired) electrons. The molecular formula is C13H20OSi. The van der Waals surface area contributed by atoms with Crippen molar-refractivity contribution in [3.8, 4) is 0 Å². The highest BCUT2D eigenvalue weighted by Crippen LogP contribution is 2.56. The van der Waals surface area contributed by atoms with E-state index in [1.165, 1.54) is 18.6 Å². The molecular weight excluding hydrogens is 200 g/mol. The van der Waals surface area contributed by atoms with E-state index in [-0.39, 0.29) is 0 Å². The molecule has 0 aromatic carbocycles. The second-order valence-electron chi connectivity index (χ2n) is 6.19. The molecule has 82 valence electrons. The molecule has 4 atom stereocenters. The Hall–Kier alpha value is -0.503. The van der Waals surface area contributed by atoms with E-state index in [9.17, 15) is 0 Å². The molecule has 0 aliphatic heterocycles. The van der Waals surface area contributed by atoms with E-state index in [0.29, 0.717) is 0 Å². The van der Waals surface area contributed by atoms with Crippen LogP contribution >= 0.6 is 0 Å². The lowest BCUT2D eigenvalue weighted by atomic mass is 9.85. The van der Waals surface area contributed by atoms with Crippen LogP contribution in [-0.2, 0) is 4.43 Å². The lowest BCUT2D eigenvalue weighted by molar-refractivity contribution is 0.279. The molecule has 0 heterocycles. The van der Waals surface area contributed by atoms with Gasteiger partial charge in [0.1, 0.15) is 0 Å². The maximum atomic E-state index is 6.21. The van der Waals surface area contributed by atoms with Gasteiger partial charge < -0.3 is 4.43 Å². The average Bonchev–Trinajstić information content (AvgIpc) is 2.66. The molecule has 0 saturated heterocycles. The quantitative estimate of drug-likeness (QED) is 0.511. The first-order valence-electron chi connectivity index (χ1n) is 6.12. The fraction of sp³-hybridized carbons (Fsp3) is 0.692. The van der Waals surface area contributed by atoms with Crippen molar-refractivity contribution >= 4 is 8.32 Å². The topological polar surface area (TPSA) is 9.23 Å². The van der Waals surface area contributed by atoms with E-state index in [1.54, 1.807) is 0 Å². The van der Waals surface area contributed by atoms with Crippen molar-refractivity contribution in [2.45, 2.75) is 32.5 Å². The van der Waals surface area contributed by atoms with Crippen LogP contribution in [0.1, 0.15) is 12.8 Å². The lowest BCUT2D eigenvalue weighted by Crippen LogP contribution is -2.29. The fourth-order valence-corrected chi connectivity index (χ4v) is 4.44. The van der Waals surface area contributed by atoms with Crippen LogP contribution in [0.25, 0.3) is 0 Å². The number of allylic oxidation sites excluding steroid dienone is 4. The Labute approximate surface area is 93.3 Å². The summed E-state index contributed by atoms with van der Waals surface area (Å²) in [5.74, 6) is 4.63. The summed E-state index contributed by atoms with van der Waals surface area (Å²) < 4.78 is 6.21. The Morgan fingerprint density at radius 2 is 2.13 bits per heavy atom. The second-order valence-corrected chi connectivity index (χ2v) is 10.6. The largest absolute Gasteiger partial charge is 0.547 e. The highest BCUT2D eigenvalue weighted by molar-refractivity contribution is 6.70. The molecule has 0 aromatic rings. The highest BCUT2D eigenvalue weighted by Gasteiger charge is 2.49. The van der Waals surface area contributed by atoms with E-state index >= 15 is 0 Å². The van der Waals surface area contributed by atoms with Crippen LogP contribution in [0.3, 0.4) is 0 Å². The normalized spacial score (nSPS) is 41.9. The first-order chi connectivity index (χ1) is 7.04. The molecule has 3 rings (SSSR count). The molecule has 0 N–H and O–H groups in total. The molecule has 2 heteroatoms. The van der Waals surface area contributed by atoms with Crippen LogP contribution in [-0.4, -0.2) is 8.32 Å². The van der Waals surface area contributed by atoms with Gasteiger partial charge in [-0.05, 0) is 56.3 Å². The van der Waals surface area contributed by atoms with Gasteiger partial charge in [0, 0.05) is 5.92 Å². The molecule has 3 aliphatic rings. The summed E-state index contributed by atoms with van der Waals surface area (Å²) in [5, 5.41) is 0. The molecule has 0 unspecified atom stereocenters. The van der Waals surface area contributed by atoms with Crippen LogP contribution in [0.5, 0.6) is 0 Å². The maximum Gasteiger partial charge on any atom is 0.241 e. The van der Waals surface area contributed by atoms with E-state index in [1.807, 2.05) is 0 Å². The van der Waals surface area contributed by atoms with E-state index in [0.717, 1.165) is 23.7 Å². The SMILES string of the molecule is C[Si](C)(C)OC1=C[C@H]2C[C@@H]1[C@H]1CC=C[C@H]12. The minimum atomic E-state index is -1.39. The smallest absolute Gasteiger partial charge is 0.241 e. The summed E-state index contributed by atoms with van der Waals surface area (Å²) in [7, 11) is -1.39. The number of hydrogen-bond donors (Lipinski definition) is 0. The molecule has 0 amide bonds. The molecule has 1 fully saturated rings. The maximum absolute atomic E-state index is 6.21. The van der Waals surface area contributed by atoms with Gasteiger partial charge in [-0.15, -0.1) is 0 Å². The zero-order valence-corrected chi connectivity index (χ0v) is 10.9. The van der Waals surface area contributed by atoms with Crippen molar-refractivity contribution in [1.82, 2.24) is 0 Å². The summed E-state index contributed by atoms with van der Waals surface area (Å²) in [5.41, 5.74) is 0. The van der Waals surface area contributed by atoms with Gasteiger partial charge in [0.2, 0.25) is 8.32 Å². The van der Waals surface area contributed by atoms with Crippen LogP contribution in [0.15, 0.2) is 24.0 Å². The summed E-state index contributed by atoms with van der Waals surface area (Å²) in [6.45, 7) is 6.85. The first kappa shape index (κ1) is 9.70. The average molecular weight is 220 g/mol. The Kier molecular flexibility index (Phi) is 1.94. The Morgan fingerprint density at radius 3 is 2.87 bits per heavy atom. The van der Waals surface area contributed by atoms with Gasteiger partial charge in [-0.2, -0.15) is 0 Å². The minimum absolute atomic E-state index is 0.752. The second kappa shape index (κ2) is 3.00. The third-order valence-electron chi connectivity index (χ3n) is 3.97. The van der Waals surface area contributed by atoms with Crippen molar-refractivity contribution in [2.24, 2.45) is 23.7 Å². The van der Waals surface area contributed by atoms with Gasteiger partial charge in [0.25, 0.3) is 0 Å². The molecule has 15 heavy (non-hydrogen) atoms. The third kappa shape index (κ3) is 1.50. The molecule has 0 spiro atoms. The zero-order valence-electron chi connectivity index (χ0n) is 9.86. The Balaban J connectivity index is 1.80. The molecule has 0 aromatic heterocycles.